The summed E-state index contributed by atoms with van der Waals surface area (Å²) in [6, 6.07) is 10.1. The molecule has 6 heteroatoms. The fourth-order valence-corrected chi connectivity index (χ4v) is 3.04. The Kier molecular flexibility index (Phi) is 8.04. The highest BCUT2D eigenvalue weighted by atomic mass is 35.5. The number of hydrogen-bond donors (Lipinski definition) is 2. The molecule has 0 bridgehead atoms. The summed E-state index contributed by atoms with van der Waals surface area (Å²) in [4.78, 5) is 25.1. The first-order valence-corrected chi connectivity index (χ1v) is 9.56. The Labute approximate surface area is 174 Å². The van der Waals surface area contributed by atoms with Crippen LogP contribution in [0, 0.1) is 0 Å². The number of phenols is 2. The Morgan fingerprint density at radius 3 is 2.52 bits per heavy atom. The first kappa shape index (κ1) is 22.2. The van der Waals surface area contributed by atoms with Gasteiger partial charge in [0.1, 0.15) is 23.2 Å². The molecule has 0 aliphatic carbocycles. The van der Waals surface area contributed by atoms with Gasteiger partial charge in [0.05, 0.1) is 5.02 Å². The minimum absolute atomic E-state index is 0.0188. The van der Waals surface area contributed by atoms with Gasteiger partial charge >= 0.3 is 5.97 Å². The van der Waals surface area contributed by atoms with Crippen LogP contribution in [0.5, 0.6) is 11.5 Å². The molecule has 0 aliphatic heterocycles. The molecular formula is C23H23ClO5. The van der Waals surface area contributed by atoms with E-state index in [0.717, 1.165) is 11.6 Å². The number of ether oxygens (including phenoxy) is 1. The van der Waals surface area contributed by atoms with Crippen LogP contribution in [0.25, 0.3) is 0 Å². The SMILES string of the molecule is C=CCC(OC(=O)c1c(O)cc(O)c(Cl)c1CC(=O)/C=C/CC)c1ccccc1. The summed E-state index contributed by atoms with van der Waals surface area (Å²) in [5.41, 5.74) is 0.537. The van der Waals surface area contributed by atoms with E-state index in [1.165, 1.54) is 6.08 Å². The van der Waals surface area contributed by atoms with E-state index < -0.39 is 23.6 Å². The van der Waals surface area contributed by atoms with Crippen LogP contribution in [0.15, 0.2) is 61.2 Å². The molecule has 0 heterocycles. The smallest absolute Gasteiger partial charge is 0.342 e. The third-order valence-electron chi connectivity index (χ3n) is 4.22. The van der Waals surface area contributed by atoms with E-state index in [1.807, 2.05) is 37.3 Å². The second-order valence-corrected chi connectivity index (χ2v) is 6.74. The molecule has 0 spiro atoms. The molecule has 5 nitrogen and oxygen atoms in total. The quantitative estimate of drug-likeness (QED) is 0.330. The second kappa shape index (κ2) is 10.5. The van der Waals surface area contributed by atoms with E-state index in [-0.39, 0.29) is 28.4 Å². The molecule has 0 aromatic heterocycles. The predicted octanol–water partition coefficient (Wildman–Crippen LogP) is 5.30. The van der Waals surface area contributed by atoms with Crippen molar-refractivity contribution < 1.29 is 24.5 Å². The van der Waals surface area contributed by atoms with Crippen molar-refractivity contribution in [2.45, 2.75) is 32.3 Å². The van der Waals surface area contributed by atoms with Crippen LogP contribution in [0.4, 0.5) is 0 Å². The van der Waals surface area contributed by atoms with E-state index >= 15 is 0 Å². The fourth-order valence-electron chi connectivity index (χ4n) is 2.82. The number of benzene rings is 2. The maximum atomic E-state index is 12.9. The van der Waals surface area contributed by atoms with E-state index in [1.54, 1.807) is 12.2 Å². The molecule has 1 atom stereocenters. The summed E-state index contributed by atoms with van der Waals surface area (Å²) < 4.78 is 5.60. The van der Waals surface area contributed by atoms with Gasteiger partial charge in [0.15, 0.2) is 5.78 Å². The number of allylic oxidation sites excluding steroid dienone is 2. The van der Waals surface area contributed by atoms with Crippen molar-refractivity contribution >= 4 is 23.4 Å². The molecule has 0 radical (unpaired) electrons. The van der Waals surface area contributed by atoms with Crippen LogP contribution < -0.4 is 0 Å². The normalized spacial score (nSPS) is 11.9. The lowest BCUT2D eigenvalue weighted by Gasteiger charge is -2.19. The first-order valence-electron chi connectivity index (χ1n) is 9.18. The zero-order chi connectivity index (χ0) is 21.4. The topological polar surface area (TPSA) is 83.8 Å². The Morgan fingerprint density at radius 2 is 1.90 bits per heavy atom. The van der Waals surface area contributed by atoms with E-state index in [9.17, 15) is 19.8 Å². The van der Waals surface area contributed by atoms with Gasteiger partial charge in [-0.25, -0.2) is 4.79 Å². The monoisotopic (exact) mass is 414 g/mol. The standard InChI is InChI=1S/C23H23ClO5/c1-3-5-12-16(25)13-17-21(18(26)14-19(27)22(17)24)23(28)29-20(9-4-2)15-10-7-6-8-11-15/h4-8,10-12,14,20,26-27H,2-3,9,13H2,1H3/b12-5+. The number of carbonyl (C=O) groups is 2. The second-order valence-electron chi connectivity index (χ2n) is 6.37. The van der Waals surface area contributed by atoms with Crippen LogP contribution >= 0.6 is 11.6 Å². The van der Waals surface area contributed by atoms with Gasteiger partial charge in [0.2, 0.25) is 0 Å². The highest BCUT2D eigenvalue weighted by Crippen LogP contribution is 2.38. The summed E-state index contributed by atoms with van der Waals surface area (Å²) in [6.07, 6.45) is 4.80. The van der Waals surface area contributed by atoms with Crippen molar-refractivity contribution in [3.05, 3.63) is 82.9 Å². The highest BCUT2D eigenvalue weighted by Gasteiger charge is 2.27. The average Bonchev–Trinajstić information content (AvgIpc) is 2.70. The highest BCUT2D eigenvalue weighted by molar-refractivity contribution is 6.33. The lowest BCUT2D eigenvalue weighted by Crippen LogP contribution is -2.15. The Balaban J connectivity index is 2.42. The van der Waals surface area contributed by atoms with Crippen molar-refractivity contribution in [3.63, 3.8) is 0 Å². The van der Waals surface area contributed by atoms with Crippen LogP contribution in [0.1, 0.15) is 47.4 Å². The Morgan fingerprint density at radius 1 is 1.21 bits per heavy atom. The van der Waals surface area contributed by atoms with Crippen LogP contribution in [-0.4, -0.2) is 22.0 Å². The molecule has 0 saturated carbocycles. The number of phenolic OH excluding ortho intramolecular Hbond substituents is 2. The van der Waals surface area contributed by atoms with Crippen molar-refractivity contribution in [2.75, 3.05) is 0 Å². The third-order valence-corrected chi connectivity index (χ3v) is 4.64. The zero-order valence-electron chi connectivity index (χ0n) is 16.1. The largest absolute Gasteiger partial charge is 0.507 e. The van der Waals surface area contributed by atoms with E-state index in [2.05, 4.69) is 6.58 Å². The minimum Gasteiger partial charge on any atom is -0.507 e. The number of carbonyl (C=O) groups excluding carboxylic acids is 2. The number of halogens is 1. The van der Waals surface area contributed by atoms with Gasteiger partial charge in [0, 0.05) is 24.5 Å². The Bertz CT molecular complexity index is 919. The Hall–Kier alpha value is -3.05. The molecule has 0 saturated heterocycles. The number of hydrogen-bond acceptors (Lipinski definition) is 5. The molecule has 0 fully saturated rings. The molecule has 29 heavy (non-hydrogen) atoms. The molecule has 152 valence electrons. The molecular weight excluding hydrogens is 392 g/mol. The van der Waals surface area contributed by atoms with Crippen molar-refractivity contribution in [1.29, 1.82) is 0 Å². The average molecular weight is 415 g/mol. The minimum atomic E-state index is -0.845. The number of aromatic hydroxyl groups is 2. The van der Waals surface area contributed by atoms with E-state index in [4.69, 9.17) is 16.3 Å². The van der Waals surface area contributed by atoms with Gasteiger partial charge in [-0.2, -0.15) is 0 Å². The van der Waals surface area contributed by atoms with Crippen molar-refractivity contribution in [3.8, 4) is 11.5 Å². The molecule has 2 aromatic carbocycles. The summed E-state index contributed by atoms with van der Waals surface area (Å²) in [5.74, 6) is -2.10. The number of ketones is 1. The van der Waals surface area contributed by atoms with Crippen LogP contribution in [0.2, 0.25) is 5.02 Å². The van der Waals surface area contributed by atoms with E-state index in [0.29, 0.717) is 12.8 Å². The summed E-state index contributed by atoms with van der Waals surface area (Å²) in [7, 11) is 0. The summed E-state index contributed by atoms with van der Waals surface area (Å²) >= 11 is 6.15. The van der Waals surface area contributed by atoms with Gasteiger partial charge < -0.3 is 14.9 Å². The number of rotatable bonds is 9. The zero-order valence-corrected chi connectivity index (χ0v) is 16.9. The van der Waals surface area contributed by atoms with Gasteiger partial charge in [-0.1, -0.05) is 61.0 Å². The van der Waals surface area contributed by atoms with Gasteiger partial charge in [-0.3, -0.25) is 4.79 Å². The molecule has 0 aliphatic rings. The molecule has 2 rings (SSSR count). The summed E-state index contributed by atoms with van der Waals surface area (Å²) in [6.45, 7) is 5.57. The lowest BCUT2D eigenvalue weighted by molar-refractivity contribution is -0.114. The van der Waals surface area contributed by atoms with Gasteiger partial charge in [-0.05, 0) is 18.1 Å². The van der Waals surface area contributed by atoms with Gasteiger partial charge in [-0.15, -0.1) is 6.58 Å². The molecule has 1 unspecified atom stereocenters. The molecule has 2 N–H and O–H groups in total. The first-order chi connectivity index (χ1) is 13.9. The third kappa shape index (κ3) is 5.72. The van der Waals surface area contributed by atoms with Crippen molar-refractivity contribution in [2.24, 2.45) is 0 Å². The number of esters is 1. The summed E-state index contributed by atoms with van der Waals surface area (Å²) in [5, 5.41) is 20.1. The maximum Gasteiger partial charge on any atom is 0.342 e. The maximum absolute atomic E-state index is 12.9. The fraction of sp³-hybridized carbons (Fsp3) is 0.217. The van der Waals surface area contributed by atoms with Crippen LogP contribution in [0.3, 0.4) is 0 Å². The van der Waals surface area contributed by atoms with Gasteiger partial charge in [0.25, 0.3) is 0 Å². The molecule has 0 amide bonds. The predicted molar refractivity (Wildman–Crippen MR) is 112 cm³/mol. The lowest BCUT2D eigenvalue weighted by atomic mass is 9.99. The molecule has 2 aromatic rings. The van der Waals surface area contributed by atoms with Crippen LogP contribution in [-0.2, 0) is 16.0 Å². The van der Waals surface area contributed by atoms with Crippen molar-refractivity contribution in [1.82, 2.24) is 0 Å².